The second-order valence-electron chi connectivity index (χ2n) is 5.62. The molecule has 1 atom stereocenters. The average molecular weight is 261 g/mol. The van der Waals surface area contributed by atoms with Crippen LogP contribution in [0.15, 0.2) is 18.2 Å². The van der Waals surface area contributed by atoms with Gasteiger partial charge in [-0.05, 0) is 57.4 Å². The Morgan fingerprint density at radius 3 is 2.84 bits per heavy atom. The van der Waals surface area contributed by atoms with Gasteiger partial charge in [-0.25, -0.2) is 0 Å². The molecule has 0 saturated heterocycles. The van der Waals surface area contributed by atoms with Crippen LogP contribution in [0, 0.1) is 12.8 Å². The van der Waals surface area contributed by atoms with Gasteiger partial charge in [-0.15, -0.1) is 0 Å². The average Bonchev–Trinajstić information content (AvgIpc) is 3.16. The van der Waals surface area contributed by atoms with Gasteiger partial charge in [0.05, 0.1) is 6.54 Å². The Kier molecular flexibility index (Phi) is 4.10. The van der Waals surface area contributed by atoms with Crippen molar-refractivity contribution in [3.8, 4) is 0 Å². The highest BCUT2D eigenvalue weighted by atomic mass is 16.2. The van der Waals surface area contributed by atoms with Gasteiger partial charge >= 0.3 is 0 Å². The van der Waals surface area contributed by atoms with Crippen molar-refractivity contribution in [1.82, 2.24) is 4.90 Å². The lowest BCUT2D eigenvalue weighted by Crippen LogP contribution is -2.37. The molecule has 104 valence electrons. The zero-order valence-corrected chi connectivity index (χ0v) is 11.9. The number of likely N-dealkylation sites (N-methyl/N-ethyl adjacent to an activating group) is 1. The van der Waals surface area contributed by atoms with Crippen molar-refractivity contribution in [3.63, 3.8) is 0 Å². The SMILES string of the molecule is Cc1ccc(N)cc1NC(=O)CN(C)C(C)C1CC1. The quantitative estimate of drug-likeness (QED) is 0.799. The summed E-state index contributed by atoms with van der Waals surface area (Å²) < 4.78 is 0. The molecule has 1 unspecified atom stereocenters. The molecular formula is C15H23N3O. The molecule has 3 N–H and O–H groups in total. The minimum absolute atomic E-state index is 0.0173. The lowest BCUT2D eigenvalue weighted by molar-refractivity contribution is -0.117. The van der Waals surface area contributed by atoms with E-state index in [9.17, 15) is 4.79 Å². The minimum Gasteiger partial charge on any atom is -0.399 e. The Morgan fingerprint density at radius 2 is 2.21 bits per heavy atom. The number of carbonyl (C=O) groups is 1. The summed E-state index contributed by atoms with van der Waals surface area (Å²) >= 11 is 0. The normalized spacial score (nSPS) is 16.4. The third kappa shape index (κ3) is 3.70. The van der Waals surface area contributed by atoms with Gasteiger partial charge in [-0.1, -0.05) is 6.07 Å². The van der Waals surface area contributed by atoms with Crippen molar-refractivity contribution in [2.45, 2.75) is 32.7 Å². The predicted molar refractivity (Wildman–Crippen MR) is 79.0 cm³/mol. The predicted octanol–water partition coefficient (Wildman–Crippen LogP) is 2.25. The summed E-state index contributed by atoms with van der Waals surface area (Å²) in [5.74, 6) is 0.788. The Balaban J connectivity index is 1.91. The lowest BCUT2D eigenvalue weighted by Gasteiger charge is -2.24. The molecule has 19 heavy (non-hydrogen) atoms. The fraction of sp³-hybridized carbons (Fsp3) is 0.533. The molecule has 0 radical (unpaired) electrons. The summed E-state index contributed by atoms with van der Waals surface area (Å²) in [7, 11) is 2.01. The first kappa shape index (κ1) is 13.9. The molecule has 1 saturated carbocycles. The monoisotopic (exact) mass is 261 g/mol. The number of carbonyl (C=O) groups excluding carboxylic acids is 1. The maximum absolute atomic E-state index is 12.0. The standard InChI is InChI=1S/C15H23N3O/c1-10-4-7-13(16)8-14(10)17-15(19)9-18(3)11(2)12-5-6-12/h4,7-8,11-12H,5-6,9,16H2,1-3H3,(H,17,19). The number of amides is 1. The first-order valence-electron chi connectivity index (χ1n) is 6.83. The van der Waals surface area contributed by atoms with Crippen LogP contribution in [0.25, 0.3) is 0 Å². The maximum Gasteiger partial charge on any atom is 0.238 e. The van der Waals surface area contributed by atoms with Crippen LogP contribution in [0.4, 0.5) is 11.4 Å². The number of rotatable bonds is 5. The molecule has 4 nitrogen and oxygen atoms in total. The number of hydrogen-bond donors (Lipinski definition) is 2. The highest BCUT2D eigenvalue weighted by Crippen LogP contribution is 2.34. The van der Waals surface area contributed by atoms with E-state index in [0.29, 0.717) is 18.3 Å². The van der Waals surface area contributed by atoms with Crippen molar-refractivity contribution in [2.75, 3.05) is 24.6 Å². The largest absolute Gasteiger partial charge is 0.399 e. The minimum atomic E-state index is 0.0173. The maximum atomic E-state index is 12.0. The first-order chi connectivity index (χ1) is 8.97. The Hall–Kier alpha value is -1.55. The van der Waals surface area contributed by atoms with Crippen LogP contribution < -0.4 is 11.1 Å². The second-order valence-corrected chi connectivity index (χ2v) is 5.62. The Morgan fingerprint density at radius 1 is 1.53 bits per heavy atom. The molecule has 2 rings (SSSR count). The number of anilines is 2. The third-order valence-corrected chi connectivity index (χ3v) is 3.93. The van der Waals surface area contributed by atoms with E-state index in [-0.39, 0.29) is 5.91 Å². The van der Waals surface area contributed by atoms with E-state index in [2.05, 4.69) is 17.1 Å². The number of nitrogen functional groups attached to an aromatic ring is 1. The zero-order valence-electron chi connectivity index (χ0n) is 11.9. The van der Waals surface area contributed by atoms with E-state index in [4.69, 9.17) is 5.73 Å². The van der Waals surface area contributed by atoms with Crippen molar-refractivity contribution in [2.24, 2.45) is 5.92 Å². The van der Waals surface area contributed by atoms with Gasteiger partial charge in [0.15, 0.2) is 0 Å². The van der Waals surface area contributed by atoms with Crippen LogP contribution >= 0.6 is 0 Å². The summed E-state index contributed by atoms with van der Waals surface area (Å²) in [5.41, 5.74) is 8.24. The third-order valence-electron chi connectivity index (χ3n) is 3.93. The van der Waals surface area contributed by atoms with E-state index in [0.717, 1.165) is 17.2 Å². The van der Waals surface area contributed by atoms with Gasteiger partial charge in [0.2, 0.25) is 5.91 Å². The number of hydrogen-bond acceptors (Lipinski definition) is 3. The second kappa shape index (κ2) is 5.61. The summed E-state index contributed by atoms with van der Waals surface area (Å²) in [4.78, 5) is 14.2. The van der Waals surface area contributed by atoms with E-state index in [1.807, 2.05) is 26.1 Å². The highest BCUT2D eigenvalue weighted by molar-refractivity contribution is 5.93. The fourth-order valence-corrected chi connectivity index (χ4v) is 2.27. The Bertz CT molecular complexity index is 468. The summed E-state index contributed by atoms with van der Waals surface area (Å²) in [5, 5.41) is 2.94. The molecule has 1 aromatic rings. The lowest BCUT2D eigenvalue weighted by atomic mass is 10.1. The van der Waals surface area contributed by atoms with E-state index in [1.54, 1.807) is 6.07 Å². The van der Waals surface area contributed by atoms with Crippen LogP contribution in [-0.4, -0.2) is 30.4 Å². The summed E-state index contributed by atoms with van der Waals surface area (Å²) in [6.07, 6.45) is 2.59. The number of nitrogens with two attached hydrogens (primary N) is 1. The fourth-order valence-electron chi connectivity index (χ4n) is 2.27. The molecule has 0 spiro atoms. The number of nitrogens with zero attached hydrogens (tertiary/aromatic N) is 1. The van der Waals surface area contributed by atoms with Gasteiger partial charge < -0.3 is 11.1 Å². The molecule has 4 heteroatoms. The number of benzene rings is 1. The molecule has 0 aromatic heterocycles. The summed E-state index contributed by atoms with van der Waals surface area (Å²) in [6, 6.07) is 6.04. The molecule has 1 aliphatic carbocycles. The van der Waals surface area contributed by atoms with Gasteiger partial charge in [0, 0.05) is 17.4 Å². The number of nitrogens with one attached hydrogen (secondary N) is 1. The Labute approximate surface area is 115 Å². The molecule has 0 heterocycles. The highest BCUT2D eigenvalue weighted by Gasteiger charge is 2.30. The summed E-state index contributed by atoms with van der Waals surface area (Å²) in [6.45, 7) is 4.58. The first-order valence-corrected chi connectivity index (χ1v) is 6.83. The molecular weight excluding hydrogens is 238 g/mol. The molecule has 1 amide bonds. The van der Waals surface area contributed by atoms with E-state index >= 15 is 0 Å². The van der Waals surface area contributed by atoms with Crippen molar-refractivity contribution in [1.29, 1.82) is 0 Å². The van der Waals surface area contributed by atoms with Crippen molar-refractivity contribution in [3.05, 3.63) is 23.8 Å². The smallest absolute Gasteiger partial charge is 0.238 e. The van der Waals surface area contributed by atoms with Gasteiger partial charge in [-0.3, -0.25) is 9.69 Å². The number of aryl methyl sites for hydroxylation is 1. The molecule has 1 aromatic carbocycles. The van der Waals surface area contributed by atoms with Crippen LogP contribution in [0.5, 0.6) is 0 Å². The molecule has 0 aliphatic heterocycles. The van der Waals surface area contributed by atoms with Gasteiger partial charge in [-0.2, -0.15) is 0 Å². The van der Waals surface area contributed by atoms with Crippen molar-refractivity contribution >= 4 is 17.3 Å². The van der Waals surface area contributed by atoms with Crippen molar-refractivity contribution < 1.29 is 4.79 Å². The molecule has 1 fully saturated rings. The van der Waals surface area contributed by atoms with Gasteiger partial charge in [0.25, 0.3) is 0 Å². The van der Waals surface area contributed by atoms with E-state index < -0.39 is 0 Å². The zero-order chi connectivity index (χ0) is 14.0. The van der Waals surface area contributed by atoms with Crippen LogP contribution in [-0.2, 0) is 4.79 Å². The molecule has 0 bridgehead atoms. The van der Waals surface area contributed by atoms with Crippen LogP contribution in [0.1, 0.15) is 25.3 Å². The van der Waals surface area contributed by atoms with E-state index in [1.165, 1.54) is 12.8 Å². The van der Waals surface area contributed by atoms with Crippen LogP contribution in [0.3, 0.4) is 0 Å². The molecule has 1 aliphatic rings. The topological polar surface area (TPSA) is 58.4 Å². The van der Waals surface area contributed by atoms with Gasteiger partial charge in [0.1, 0.15) is 0 Å². The van der Waals surface area contributed by atoms with Crippen LogP contribution in [0.2, 0.25) is 0 Å².